The lowest BCUT2D eigenvalue weighted by Gasteiger charge is -2.28. The molecule has 2 N–H and O–H groups in total. The van der Waals surface area contributed by atoms with Crippen LogP contribution in [-0.2, 0) is 5.41 Å². The summed E-state index contributed by atoms with van der Waals surface area (Å²) in [5.41, 5.74) is -1.14. The van der Waals surface area contributed by atoms with E-state index in [1.165, 1.54) is 6.20 Å². The second-order valence-electron chi connectivity index (χ2n) is 4.62. The van der Waals surface area contributed by atoms with Gasteiger partial charge in [-0.05, 0) is 35.0 Å². The number of aromatic amines is 1. The molecular formula is C11H10BrF3N4. The van der Waals surface area contributed by atoms with Crippen molar-refractivity contribution in [3.63, 3.8) is 0 Å². The number of nitrogens with one attached hydrogen (secondary N) is 2. The van der Waals surface area contributed by atoms with E-state index in [2.05, 4.69) is 36.2 Å². The van der Waals surface area contributed by atoms with Crippen LogP contribution < -0.4 is 5.32 Å². The van der Waals surface area contributed by atoms with Crippen LogP contribution in [0.2, 0.25) is 0 Å². The molecule has 2 aromatic heterocycles. The van der Waals surface area contributed by atoms with E-state index in [0.29, 0.717) is 22.2 Å². The number of aromatic nitrogens is 3. The highest BCUT2D eigenvalue weighted by molar-refractivity contribution is 9.10. The number of hydrogen-bond acceptors (Lipinski definition) is 3. The molecule has 4 nitrogen and oxygen atoms in total. The van der Waals surface area contributed by atoms with Gasteiger partial charge in [0.05, 0.1) is 5.52 Å². The van der Waals surface area contributed by atoms with E-state index in [0.717, 1.165) is 0 Å². The second-order valence-corrected chi connectivity index (χ2v) is 5.53. The second kappa shape index (κ2) is 4.17. The Bertz CT molecular complexity index is 616. The van der Waals surface area contributed by atoms with Crippen LogP contribution in [0.5, 0.6) is 0 Å². The molecule has 3 heterocycles. The van der Waals surface area contributed by atoms with Crippen molar-refractivity contribution in [2.24, 2.45) is 0 Å². The number of H-pyrrole nitrogens is 1. The van der Waals surface area contributed by atoms with E-state index in [-0.39, 0.29) is 18.8 Å². The molecule has 0 bridgehead atoms. The molecule has 0 radical (unpaired) electrons. The van der Waals surface area contributed by atoms with Crippen LogP contribution in [0.1, 0.15) is 12.2 Å². The topological polar surface area (TPSA) is 53.6 Å². The molecule has 0 saturated carbocycles. The van der Waals surface area contributed by atoms with Gasteiger partial charge < -0.3 is 10.3 Å². The first-order valence-electron chi connectivity index (χ1n) is 5.72. The highest BCUT2D eigenvalue weighted by Gasteiger charge is 2.59. The molecule has 0 spiro atoms. The molecule has 1 aliphatic rings. The van der Waals surface area contributed by atoms with Crippen molar-refractivity contribution in [1.29, 1.82) is 0 Å². The maximum atomic E-state index is 13.4. The summed E-state index contributed by atoms with van der Waals surface area (Å²) in [4.78, 5) is 10.8. The molecule has 102 valence electrons. The zero-order valence-corrected chi connectivity index (χ0v) is 11.3. The smallest absolute Gasteiger partial charge is 0.340 e. The summed E-state index contributed by atoms with van der Waals surface area (Å²) in [6.45, 7) is 0.172. The lowest BCUT2D eigenvalue weighted by atomic mass is 9.85. The monoisotopic (exact) mass is 334 g/mol. The van der Waals surface area contributed by atoms with Crippen LogP contribution in [0.3, 0.4) is 0 Å². The number of alkyl halides is 3. The van der Waals surface area contributed by atoms with Crippen molar-refractivity contribution >= 4 is 27.1 Å². The summed E-state index contributed by atoms with van der Waals surface area (Å²) in [6, 6.07) is 1.67. The minimum Gasteiger partial charge on any atom is -0.340 e. The van der Waals surface area contributed by atoms with Crippen molar-refractivity contribution in [1.82, 2.24) is 20.3 Å². The molecule has 3 rings (SSSR count). The molecule has 1 atom stereocenters. The van der Waals surface area contributed by atoms with Crippen molar-refractivity contribution in [3.8, 4) is 0 Å². The highest BCUT2D eigenvalue weighted by Crippen LogP contribution is 2.44. The van der Waals surface area contributed by atoms with E-state index in [1.807, 2.05) is 0 Å². The van der Waals surface area contributed by atoms with E-state index >= 15 is 0 Å². The van der Waals surface area contributed by atoms with Crippen molar-refractivity contribution in [2.75, 3.05) is 13.1 Å². The van der Waals surface area contributed by atoms with Gasteiger partial charge in [-0.2, -0.15) is 13.2 Å². The average Bonchev–Trinajstić information content (AvgIpc) is 2.93. The molecule has 19 heavy (non-hydrogen) atoms. The third-order valence-electron chi connectivity index (χ3n) is 3.46. The first kappa shape index (κ1) is 12.9. The predicted molar refractivity (Wildman–Crippen MR) is 66.8 cm³/mol. The van der Waals surface area contributed by atoms with E-state index in [1.54, 1.807) is 6.07 Å². The summed E-state index contributed by atoms with van der Waals surface area (Å²) in [5, 5.41) is 2.76. The van der Waals surface area contributed by atoms with Crippen LogP contribution in [0.25, 0.3) is 11.2 Å². The quantitative estimate of drug-likeness (QED) is 0.842. The fourth-order valence-electron chi connectivity index (χ4n) is 2.37. The number of fused-ring (bicyclic) bond motifs is 1. The van der Waals surface area contributed by atoms with Gasteiger partial charge in [0.1, 0.15) is 11.2 Å². The Kier molecular flexibility index (Phi) is 2.82. The normalized spacial score (nSPS) is 24.2. The Labute approximate surface area is 114 Å². The van der Waals surface area contributed by atoms with Gasteiger partial charge in [-0.3, -0.25) is 0 Å². The lowest BCUT2D eigenvalue weighted by Crippen LogP contribution is -2.45. The molecule has 1 unspecified atom stereocenters. The summed E-state index contributed by atoms with van der Waals surface area (Å²) in [6.07, 6.45) is -2.85. The van der Waals surface area contributed by atoms with Gasteiger partial charge in [0.25, 0.3) is 0 Å². The van der Waals surface area contributed by atoms with Crippen molar-refractivity contribution in [3.05, 3.63) is 22.6 Å². The highest BCUT2D eigenvalue weighted by atomic mass is 79.9. The van der Waals surface area contributed by atoms with Gasteiger partial charge in [0.2, 0.25) is 0 Å². The van der Waals surface area contributed by atoms with Crippen LogP contribution in [0.4, 0.5) is 13.2 Å². The largest absolute Gasteiger partial charge is 0.402 e. The molecule has 0 aromatic carbocycles. The van der Waals surface area contributed by atoms with Crippen molar-refractivity contribution < 1.29 is 13.2 Å². The van der Waals surface area contributed by atoms with Gasteiger partial charge in [0, 0.05) is 17.2 Å². The molecule has 2 aromatic rings. The van der Waals surface area contributed by atoms with Gasteiger partial charge in [0.15, 0.2) is 5.65 Å². The first-order chi connectivity index (χ1) is 8.92. The Morgan fingerprint density at radius 3 is 2.79 bits per heavy atom. The number of pyridine rings is 1. The third kappa shape index (κ3) is 1.93. The standard InChI is InChI=1S/C11H10BrF3N4/c12-6-3-7-8(17-4-6)19-9(18-7)10(11(13,14)15)1-2-16-5-10/h3-4,16H,1-2,5H2,(H,17,18,19). The molecule has 0 aliphatic carbocycles. The van der Waals surface area contributed by atoms with Crippen molar-refractivity contribution in [2.45, 2.75) is 18.0 Å². The van der Waals surface area contributed by atoms with E-state index < -0.39 is 11.6 Å². The third-order valence-corrected chi connectivity index (χ3v) is 3.89. The molecular weight excluding hydrogens is 325 g/mol. The first-order valence-corrected chi connectivity index (χ1v) is 6.51. The number of hydrogen-bond donors (Lipinski definition) is 2. The van der Waals surface area contributed by atoms with Crippen LogP contribution in [-0.4, -0.2) is 34.2 Å². The van der Waals surface area contributed by atoms with Crippen LogP contribution >= 0.6 is 15.9 Å². The Morgan fingerprint density at radius 2 is 2.16 bits per heavy atom. The minimum atomic E-state index is -4.35. The lowest BCUT2D eigenvalue weighted by molar-refractivity contribution is -0.186. The molecule has 1 fully saturated rings. The Morgan fingerprint density at radius 1 is 1.37 bits per heavy atom. The summed E-state index contributed by atoms with van der Waals surface area (Å²) in [5.74, 6) is -0.0643. The molecule has 1 aliphatic heterocycles. The predicted octanol–water partition coefficient (Wildman–Crippen LogP) is 2.51. The number of nitrogens with zero attached hydrogens (tertiary/aromatic N) is 2. The number of halogens is 4. The zero-order valence-electron chi connectivity index (χ0n) is 9.68. The molecule has 1 saturated heterocycles. The molecule has 0 amide bonds. The SMILES string of the molecule is FC(F)(F)C1(c2nc3ncc(Br)cc3[nH]2)CCNC1. The maximum absolute atomic E-state index is 13.4. The number of rotatable bonds is 1. The van der Waals surface area contributed by atoms with E-state index in [9.17, 15) is 13.2 Å². The number of imidazole rings is 1. The van der Waals surface area contributed by atoms with Gasteiger partial charge >= 0.3 is 6.18 Å². The minimum absolute atomic E-state index is 0.0164. The van der Waals surface area contributed by atoms with Crippen LogP contribution in [0.15, 0.2) is 16.7 Å². The van der Waals surface area contributed by atoms with E-state index in [4.69, 9.17) is 0 Å². The maximum Gasteiger partial charge on any atom is 0.402 e. The molecule has 8 heteroatoms. The summed E-state index contributed by atoms with van der Waals surface area (Å²) in [7, 11) is 0. The van der Waals surface area contributed by atoms with Gasteiger partial charge in [-0.25, -0.2) is 9.97 Å². The van der Waals surface area contributed by atoms with Crippen LogP contribution in [0, 0.1) is 0 Å². The van der Waals surface area contributed by atoms with Gasteiger partial charge in [-0.15, -0.1) is 0 Å². The van der Waals surface area contributed by atoms with Gasteiger partial charge in [-0.1, -0.05) is 0 Å². The fourth-order valence-corrected chi connectivity index (χ4v) is 2.70. The average molecular weight is 335 g/mol. The zero-order chi connectivity index (χ0) is 13.7. The Hall–Kier alpha value is -1.15. The summed E-state index contributed by atoms with van der Waals surface area (Å²) >= 11 is 3.23. The Balaban J connectivity index is 2.16. The summed E-state index contributed by atoms with van der Waals surface area (Å²) < 4.78 is 40.8. The fraction of sp³-hybridized carbons (Fsp3) is 0.455.